The molecular formula is C14H28N2O2. The monoisotopic (exact) mass is 256 g/mol. The number of hydrogen-bond acceptors (Lipinski definition) is 3. The van der Waals surface area contributed by atoms with Gasteiger partial charge in [-0.05, 0) is 38.1 Å². The molecule has 4 heteroatoms. The molecule has 1 fully saturated rings. The first-order chi connectivity index (χ1) is 8.71. The lowest BCUT2D eigenvalue weighted by atomic mass is 9.96. The molecule has 0 aromatic heterocycles. The fourth-order valence-electron chi connectivity index (χ4n) is 2.85. The molecule has 0 radical (unpaired) electrons. The van der Waals surface area contributed by atoms with Crippen molar-refractivity contribution in [2.45, 2.75) is 57.9 Å². The van der Waals surface area contributed by atoms with Crippen LogP contribution in [0.5, 0.6) is 0 Å². The van der Waals surface area contributed by atoms with Crippen LogP contribution in [0, 0.1) is 11.8 Å². The van der Waals surface area contributed by atoms with Crippen LogP contribution in [0.3, 0.4) is 0 Å². The van der Waals surface area contributed by atoms with Crippen molar-refractivity contribution in [2.75, 3.05) is 13.2 Å². The highest BCUT2D eigenvalue weighted by Gasteiger charge is 2.27. The van der Waals surface area contributed by atoms with Crippen LogP contribution in [0.1, 0.15) is 51.9 Å². The maximum Gasteiger partial charge on any atom is 0.220 e. The number of rotatable bonds is 8. The Morgan fingerprint density at radius 1 is 1.44 bits per heavy atom. The minimum absolute atomic E-state index is 0.135. The third-order valence-corrected chi connectivity index (χ3v) is 4.17. The Hall–Kier alpha value is -0.610. The molecule has 3 atom stereocenters. The van der Waals surface area contributed by atoms with Gasteiger partial charge in [0.25, 0.3) is 0 Å². The second-order valence-corrected chi connectivity index (χ2v) is 5.44. The zero-order valence-corrected chi connectivity index (χ0v) is 11.5. The first-order valence-electron chi connectivity index (χ1n) is 7.31. The van der Waals surface area contributed by atoms with Gasteiger partial charge >= 0.3 is 0 Å². The molecule has 106 valence electrons. The predicted molar refractivity (Wildman–Crippen MR) is 73.0 cm³/mol. The van der Waals surface area contributed by atoms with Gasteiger partial charge in [-0.25, -0.2) is 0 Å². The Labute approximate surface area is 110 Å². The van der Waals surface area contributed by atoms with Crippen LogP contribution in [-0.4, -0.2) is 30.2 Å². The smallest absolute Gasteiger partial charge is 0.220 e. The summed E-state index contributed by atoms with van der Waals surface area (Å²) in [7, 11) is 0. The minimum atomic E-state index is 0.135. The van der Waals surface area contributed by atoms with Crippen LogP contribution >= 0.6 is 0 Å². The van der Waals surface area contributed by atoms with Crippen LogP contribution in [0.15, 0.2) is 0 Å². The normalized spacial score (nSPS) is 25.1. The van der Waals surface area contributed by atoms with E-state index >= 15 is 0 Å². The van der Waals surface area contributed by atoms with E-state index in [9.17, 15) is 9.90 Å². The highest BCUT2D eigenvalue weighted by atomic mass is 16.3. The second-order valence-electron chi connectivity index (χ2n) is 5.44. The molecule has 18 heavy (non-hydrogen) atoms. The molecule has 0 bridgehead atoms. The molecule has 3 unspecified atom stereocenters. The van der Waals surface area contributed by atoms with E-state index in [1.807, 2.05) is 0 Å². The summed E-state index contributed by atoms with van der Waals surface area (Å²) in [6, 6.07) is 0.192. The number of nitrogens with two attached hydrogens (primary N) is 1. The number of aliphatic hydroxyl groups excluding tert-OH is 1. The molecule has 0 aromatic carbocycles. The molecule has 1 aliphatic rings. The van der Waals surface area contributed by atoms with Gasteiger partial charge in [0.2, 0.25) is 5.91 Å². The van der Waals surface area contributed by atoms with E-state index in [1.165, 1.54) is 0 Å². The summed E-state index contributed by atoms with van der Waals surface area (Å²) >= 11 is 0. The molecule has 4 N–H and O–H groups in total. The summed E-state index contributed by atoms with van der Waals surface area (Å²) in [5.74, 6) is 0.966. The van der Waals surface area contributed by atoms with E-state index in [4.69, 9.17) is 5.73 Å². The third-order valence-electron chi connectivity index (χ3n) is 4.17. The van der Waals surface area contributed by atoms with E-state index in [0.717, 1.165) is 38.5 Å². The Kier molecular flexibility index (Phi) is 7.28. The first kappa shape index (κ1) is 15.4. The molecule has 0 aliphatic heterocycles. The molecule has 4 nitrogen and oxygen atoms in total. The zero-order chi connectivity index (χ0) is 13.4. The van der Waals surface area contributed by atoms with Gasteiger partial charge in [0, 0.05) is 25.0 Å². The molecule has 0 spiro atoms. The zero-order valence-electron chi connectivity index (χ0n) is 11.5. The molecule has 1 rings (SSSR count). The van der Waals surface area contributed by atoms with Gasteiger partial charge in [-0.1, -0.05) is 19.8 Å². The summed E-state index contributed by atoms with van der Waals surface area (Å²) in [6.45, 7) is 3.04. The van der Waals surface area contributed by atoms with E-state index in [0.29, 0.717) is 18.9 Å². The Morgan fingerprint density at radius 3 is 2.83 bits per heavy atom. The quantitative estimate of drug-likeness (QED) is 0.615. The molecule has 1 aliphatic carbocycles. The lowest BCUT2D eigenvalue weighted by molar-refractivity contribution is -0.122. The van der Waals surface area contributed by atoms with Gasteiger partial charge in [-0.15, -0.1) is 0 Å². The molecular weight excluding hydrogens is 228 g/mol. The summed E-state index contributed by atoms with van der Waals surface area (Å²) in [4.78, 5) is 11.9. The summed E-state index contributed by atoms with van der Waals surface area (Å²) < 4.78 is 0. The summed E-state index contributed by atoms with van der Waals surface area (Å²) in [5.41, 5.74) is 5.55. The number of amides is 1. The standard InChI is InChI=1S/C14H28N2O2/c1-2-11(8-9-15)6-7-14(18)16-13-5-3-4-12(13)10-17/h11-13,17H,2-10,15H2,1H3,(H,16,18). The fraction of sp³-hybridized carbons (Fsp3) is 0.929. The van der Waals surface area contributed by atoms with Crippen molar-refractivity contribution < 1.29 is 9.90 Å². The van der Waals surface area contributed by atoms with Crippen LogP contribution < -0.4 is 11.1 Å². The van der Waals surface area contributed by atoms with Crippen molar-refractivity contribution in [2.24, 2.45) is 17.6 Å². The number of carbonyl (C=O) groups is 1. The van der Waals surface area contributed by atoms with E-state index < -0.39 is 0 Å². The molecule has 0 saturated heterocycles. The topological polar surface area (TPSA) is 75.4 Å². The van der Waals surface area contributed by atoms with Crippen LogP contribution in [-0.2, 0) is 4.79 Å². The first-order valence-corrected chi connectivity index (χ1v) is 7.31. The highest BCUT2D eigenvalue weighted by molar-refractivity contribution is 5.76. The number of hydrogen-bond donors (Lipinski definition) is 3. The summed E-state index contributed by atoms with van der Waals surface area (Å²) in [5, 5.41) is 12.3. The van der Waals surface area contributed by atoms with Crippen molar-refractivity contribution >= 4 is 5.91 Å². The van der Waals surface area contributed by atoms with Crippen LogP contribution in [0.2, 0.25) is 0 Å². The molecule has 0 aromatic rings. The van der Waals surface area contributed by atoms with Gasteiger partial charge in [-0.2, -0.15) is 0 Å². The van der Waals surface area contributed by atoms with E-state index in [2.05, 4.69) is 12.2 Å². The van der Waals surface area contributed by atoms with E-state index in [-0.39, 0.29) is 24.5 Å². The predicted octanol–water partition coefficient (Wildman–Crippen LogP) is 1.42. The molecule has 0 heterocycles. The van der Waals surface area contributed by atoms with Gasteiger partial charge in [-0.3, -0.25) is 4.79 Å². The van der Waals surface area contributed by atoms with Gasteiger partial charge in [0.05, 0.1) is 0 Å². The van der Waals surface area contributed by atoms with E-state index in [1.54, 1.807) is 0 Å². The fourth-order valence-corrected chi connectivity index (χ4v) is 2.85. The number of nitrogens with one attached hydrogen (secondary N) is 1. The van der Waals surface area contributed by atoms with Gasteiger partial charge < -0.3 is 16.2 Å². The Balaban J connectivity index is 2.24. The SMILES string of the molecule is CCC(CCN)CCC(=O)NC1CCCC1CO. The summed E-state index contributed by atoms with van der Waals surface area (Å²) in [6.07, 6.45) is 6.77. The molecule has 1 saturated carbocycles. The average molecular weight is 256 g/mol. The minimum Gasteiger partial charge on any atom is -0.396 e. The van der Waals surface area contributed by atoms with Crippen molar-refractivity contribution in [3.8, 4) is 0 Å². The van der Waals surface area contributed by atoms with Crippen molar-refractivity contribution in [1.29, 1.82) is 0 Å². The van der Waals surface area contributed by atoms with Crippen molar-refractivity contribution in [1.82, 2.24) is 5.32 Å². The van der Waals surface area contributed by atoms with Crippen LogP contribution in [0.4, 0.5) is 0 Å². The average Bonchev–Trinajstić information content (AvgIpc) is 2.81. The molecule has 1 amide bonds. The third kappa shape index (κ3) is 4.94. The lowest BCUT2D eigenvalue weighted by Gasteiger charge is -2.20. The van der Waals surface area contributed by atoms with Gasteiger partial charge in [0.15, 0.2) is 0 Å². The Morgan fingerprint density at radius 2 is 2.22 bits per heavy atom. The maximum absolute atomic E-state index is 11.9. The van der Waals surface area contributed by atoms with Gasteiger partial charge in [0.1, 0.15) is 0 Å². The largest absolute Gasteiger partial charge is 0.396 e. The van der Waals surface area contributed by atoms with Crippen LogP contribution in [0.25, 0.3) is 0 Å². The second kappa shape index (κ2) is 8.48. The number of carbonyl (C=O) groups excluding carboxylic acids is 1. The Bertz CT molecular complexity index is 246. The van der Waals surface area contributed by atoms with Crippen molar-refractivity contribution in [3.05, 3.63) is 0 Å². The lowest BCUT2D eigenvalue weighted by Crippen LogP contribution is -2.38. The maximum atomic E-state index is 11.9. The number of aliphatic hydroxyl groups is 1. The highest BCUT2D eigenvalue weighted by Crippen LogP contribution is 2.25. The van der Waals surface area contributed by atoms with Crippen molar-refractivity contribution in [3.63, 3.8) is 0 Å².